The maximum atomic E-state index is 12.9. The Labute approximate surface area is 187 Å². The first-order chi connectivity index (χ1) is 14.7. The molecule has 0 fully saturated rings. The van der Waals surface area contributed by atoms with Gasteiger partial charge in [-0.3, -0.25) is 4.79 Å². The van der Waals surface area contributed by atoms with Crippen molar-refractivity contribution >= 4 is 46.5 Å². The summed E-state index contributed by atoms with van der Waals surface area (Å²) in [7, 11) is 0. The van der Waals surface area contributed by atoms with Crippen LogP contribution in [-0.2, 0) is 11.3 Å². The van der Waals surface area contributed by atoms with E-state index in [4.69, 9.17) is 0 Å². The van der Waals surface area contributed by atoms with E-state index in [2.05, 4.69) is 33.0 Å². The first kappa shape index (κ1) is 20.6. The summed E-state index contributed by atoms with van der Waals surface area (Å²) in [5, 5.41) is 17.3. The molecule has 4 aromatic rings. The number of benzene rings is 2. The first-order valence-corrected chi connectivity index (χ1v) is 11.8. The number of nitrogens with one attached hydrogen (secondary N) is 1. The molecular formula is C21H19N5OS3. The summed E-state index contributed by atoms with van der Waals surface area (Å²) in [5.41, 5.74) is 0.794. The average Bonchev–Trinajstić information content (AvgIpc) is 3.43. The van der Waals surface area contributed by atoms with Crippen LogP contribution in [0, 0.1) is 0 Å². The highest BCUT2D eigenvalue weighted by molar-refractivity contribution is 8.00. The lowest BCUT2D eigenvalue weighted by atomic mass is 10.3. The summed E-state index contributed by atoms with van der Waals surface area (Å²) in [5.74, 6) is -0.0909. The van der Waals surface area contributed by atoms with Crippen molar-refractivity contribution in [3.8, 4) is 0 Å². The number of nitrogens with zero attached hydrogens (tertiary/aromatic N) is 4. The Morgan fingerprint density at radius 3 is 2.70 bits per heavy atom. The molecule has 0 aliphatic rings. The first-order valence-electron chi connectivity index (χ1n) is 9.27. The quantitative estimate of drug-likeness (QED) is 0.376. The van der Waals surface area contributed by atoms with Gasteiger partial charge >= 0.3 is 0 Å². The van der Waals surface area contributed by atoms with Gasteiger partial charge in [0.15, 0.2) is 0 Å². The molecule has 0 bridgehead atoms. The molecule has 0 unspecified atom stereocenters. The molecule has 0 aliphatic heterocycles. The highest BCUT2D eigenvalue weighted by atomic mass is 32.2. The lowest BCUT2D eigenvalue weighted by molar-refractivity contribution is -0.115. The van der Waals surface area contributed by atoms with Gasteiger partial charge < -0.3 is 5.32 Å². The van der Waals surface area contributed by atoms with Crippen molar-refractivity contribution in [2.75, 3.05) is 5.32 Å². The monoisotopic (exact) mass is 453 g/mol. The second-order valence-corrected chi connectivity index (χ2v) is 9.81. The van der Waals surface area contributed by atoms with Gasteiger partial charge in [-0.25, -0.2) is 4.68 Å². The molecule has 2 aromatic heterocycles. The second kappa shape index (κ2) is 9.92. The molecule has 2 aromatic carbocycles. The van der Waals surface area contributed by atoms with Crippen LogP contribution in [-0.4, -0.2) is 31.4 Å². The van der Waals surface area contributed by atoms with Crippen LogP contribution in [0.3, 0.4) is 0 Å². The summed E-state index contributed by atoms with van der Waals surface area (Å²) < 4.78 is 1.72. The van der Waals surface area contributed by atoms with Gasteiger partial charge in [0.1, 0.15) is 0 Å². The Balaban J connectivity index is 1.42. The molecule has 6 nitrogen and oxygen atoms in total. The van der Waals surface area contributed by atoms with Crippen molar-refractivity contribution in [1.82, 2.24) is 20.2 Å². The van der Waals surface area contributed by atoms with Gasteiger partial charge in [0.25, 0.3) is 0 Å². The number of thioether (sulfide) groups is 1. The Kier molecular flexibility index (Phi) is 6.83. The van der Waals surface area contributed by atoms with Crippen LogP contribution in [0.25, 0.3) is 0 Å². The van der Waals surface area contributed by atoms with Crippen LogP contribution < -0.4 is 5.32 Å². The van der Waals surface area contributed by atoms with Crippen molar-refractivity contribution in [3.63, 3.8) is 0 Å². The molecule has 152 valence electrons. The smallest absolute Gasteiger partial charge is 0.237 e. The molecule has 30 heavy (non-hydrogen) atoms. The number of amides is 1. The standard InChI is InChI=1S/C21H19N5OS3/c1-15(29-21-23-24-25-26(21)14-17-10-7-13-28-17)20(27)22-18-11-5-6-12-19(18)30-16-8-3-2-4-9-16/h2-13,15H,14H2,1H3,(H,22,27)/t15-/m1/s1. The Hall–Kier alpha value is -2.62. The van der Waals surface area contributed by atoms with Gasteiger partial charge in [-0.2, -0.15) is 0 Å². The highest BCUT2D eigenvalue weighted by Crippen LogP contribution is 2.33. The number of hydrogen-bond acceptors (Lipinski definition) is 7. The molecule has 0 radical (unpaired) electrons. The minimum Gasteiger partial charge on any atom is -0.324 e. The zero-order valence-corrected chi connectivity index (χ0v) is 18.6. The topological polar surface area (TPSA) is 72.7 Å². The van der Waals surface area contributed by atoms with E-state index in [9.17, 15) is 4.79 Å². The van der Waals surface area contributed by atoms with Crippen molar-refractivity contribution < 1.29 is 4.79 Å². The number of aromatic nitrogens is 4. The van der Waals surface area contributed by atoms with Crippen LogP contribution >= 0.6 is 34.9 Å². The third kappa shape index (κ3) is 5.29. The zero-order chi connectivity index (χ0) is 20.8. The van der Waals surface area contributed by atoms with E-state index in [1.165, 1.54) is 11.8 Å². The number of tetrazole rings is 1. The van der Waals surface area contributed by atoms with Crippen molar-refractivity contribution in [2.24, 2.45) is 0 Å². The number of carbonyl (C=O) groups excluding carboxylic acids is 1. The second-order valence-electron chi connectivity index (χ2n) is 6.36. The van der Waals surface area contributed by atoms with E-state index in [1.54, 1.807) is 27.8 Å². The third-order valence-corrected chi connectivity index (χ3v) is 7.17. The fourth-order valence-corrected chi connectivity index (χ4v) is 5.05. The number of anilines is 1. The van der Waals surface area contributed by atoms with Crippen LogP contribution in [0.4, 0.5) is 5.69 Å². The molecular weight excluding hydrogens is 434 g/mol. The summed E-state index contributed by atoms with van der Waals surface area (Å²) in [6.07, 6.45) is 0. The molecule has 0 spiro atoms. The van der Waals surface area contributed by atoms with E-state index < -0.39 is 0 Å². The third-order valence-electron chi connectivity index (χ3n) is 4.15. The predicted octanol–water partition coefficient (Wildman–Crippen LogP) is 5.05. The number of para-hydroxylation sites is 1. The van der Waals surface area contributed by atoms with E-state index in [1.807, 2.05) is 66.9 Å². The van der Waals surface area contributed by atoms with Gasteiger partial charge in [-0.15, -0.1) is 16.4 Å². The molecule has 2 heterocycles. The molecule has 1 atom stereocenters. The largest absolute Gasteiger partial charge is 0.324 e. The van der Waals surface area contributed by atoms with Crippen molar-refractivity contribution in [3.05, 3.63) is 77.0 Å². The summed E-state index contributed by atoms with van der Waals surface area (Å²) in [6.45, 7) is 2.45. The van der Waals surface area contributed by atoms with Gasteiger partial charge in [-0.1, -0.05) is 59.9 Å². The molecule has 0 aliphatic carbocycles. The number of hydrogen-bond donors (Lipinski definition) is 1. The lowest BCUT2D eigenvalue weighted by Gasteiger charge is -2.14. The minimum atomic E-state index is -0.354. The Morgan fingerprint density at radius 1 is 1.10 bits per heavy atom. The van der Waals surface area contributed by atoms with Crippen LogP contribution in [0.5, 0.6) is 0 Å². The molecule has 0 saturated carbocycles. The Morgan fingerprint density at radius 2 is 1.90 bits per heavy atom. The SMILES string of the molecule is C[C@@H](Sc1nnnn1Cc1cccs1)C(=O)Nc1ccccc1Sc1ccccc1. The summed E-state index contributed by atoms with van der Waals surface area (Å²) in [4.78, 5) is 16.1. The Bertz CT molecular complexity index is 1100. The maximum absolute atomic E-state index is 12.9. The van der Waals surface area contributed by atoms with E-state index in [0.29, 0.717) is 11.7 Å². The maximum Gasteiger partial charge on any atom is 0.237 e. The number of rotatable bonds is 8. The van der Waals surface area contributed by atoms with Crippen LogP contribution in [0.15, 0.2) is 87.1 Å². The molecule has 1 amide bonds. The van der Waals surface area contributed by atoms with Crippen molar-refractivity contribution in [1.29, 1.82) is 0 Å². The molecule has 9 heteroatoms. The van der Waals surface area contributed by atoms with Gasteiger partial charge in [0, 0.05) is 14.7 Å². The number of carbonyl (C=O) groups is 1. The highest BCUT2D eigenvalue weighted by Gasteiger charge is 2.20. The van der Waals surface area contributed by atoms with E-state index in [0.717, 1.165) is 20.4 Å². The lowest BCUT2D eigenvalue weighted by Crippen LogP contribution is -2.23. The van der Waals surface area contributed by atoms with E-state index in [-0.39, 0.29) is 11.2 Å². The predicted molar refractivity (Wildman–Crippen MR) is 122 cm³/mol. The average molecular weight is 454 g/mol. The van der Waals surface area contributed by atoms with Crippen LogP contribution in [0.2, 0.25) is 0 Å². The summed E-state index contributed by atoms with van der Waals surface area (Å²) in [6, 6.07) is 21.9. The van der Waals surface area contributed by atoms with Gasteiger partial charge in [0.2, 0.25) is 11.1 Å². The van der Waals surface area contributed by atoms with Gasteiger partial charge in [0.05, 0.1) is 17.5 Å². The van der Waals surface area contributed by atoms with Gasteiger partial charge in [-0.05, 0) is 53.1 Å². The minimum absolute atomic E-state index is 0.0909. The fraction of sp³-hybridized carbons (Fsp3) is 0.143. The summed E-state index contributed by atoms with van der Waals surface area (Å²) >= 11 is 4.62. The number of thiophene rings is 1. The fourth-order valence-electron chi connectivity index (χ4n) is 2.65. The molecule has 1 N–H and O–H groups in total. The molecule has 0 saturated heterocycles. The normalized spacial score (nSPS) is 11.9. The van der Waals surface area contributed by atoms with E-state index >= 15 is 0 Å². The zero-order valence-electron chi connectivity index (χ0n) is 16.1. The van der Waals surface area contributed by atoms with Crippen molar-refractivity contribution in [2.45, 2.75) is 33.7 Å². The molecule has 4 rings (SSSR count). The van der Waals surface area contributed by atoms with Crippen LogP contribution in [0.1, 0.15) is 11.8 Å².